The molecule has 31 heavy (non-hydrogen) atoms. The molecule has 0 aliphatic carbocycles. The van der Waals surface area contributed by atoms with Crippen LogP contribution in [0.4, 0.5) is 0 Å². The molecule has 1 saturated heterocycles. The highest BCUT2D eigenvalue weighted by Gasteiger charge is 2.24. The molecule has 4 rings (SSSR count). The van der Waals surface area contributed by atoms with Crippen molar-refractivity contribution in [2.75, 3.05) is 53.6 Å². The van der Waals surface area contributed by atoms with Crippen molar-refractivity contribution in [1.82, 2.24) is 15.5 Å². The first-order valence-corrected chi connectivity index (χ1v) is 10.9. The molecule has 0 bridgehead atoms. The van der Waals surface area contributed by atoms with Crippen molar-refractivity contribution in [2.24, 2.45) is 4.99 Å². The number of methoxy groups -OCH3 is 1. The number of para-hydroxylation sites is 1. The maximum absolute atomic E-state index is 6.03. The van der Waals surface area contributed by atoms with Crippen molar-refractivity contribution in [3.8, 4) is 11.5 Å². The number of hydrogen-bond acceptors (Lipinski definition) is 5. The van der Waals surface area contributed by atoms with Crippen molar-refractivity contribution in [1.29, 1.82) is 0 Å². The average Bonchev–Trinajstić information content (AvgIpc) is 3.25. The first-order valence-electron chi connectivity index (χ1n) is 10.9. The third-order valence-electron chi connectivity index (χ3n) is 5.88. The lowest BCUT2D eigenvalue weighted by Gasteiger charge is -2.35. The number of guanidine groups is 1. The van der Waals surface area contributed by atoms with Crippen molar-refractivity contribution in [2.45, 2.75) is 18.6 Å². The maximum Gasteiger partial charge on any atom is 0.191 e. The number of aliphatic imine (C=N–C) groups is 1. The van der Waals surface area contributed by atoms with E-state index >= 15 is 0 Å². The number of hydrogen-bond donors (Lipinski definition) is 2. The molecule has 7 heteroatoms. The van der Waals surface area contributed by atoms with Gasteiger partial charge >= 0.3 is 0 Å². The Balaban J connectivity index is 1.34. The predicted octanol–water partition coefficient (Wildman–Crippen LogP) is 2.24. The molecule has 1 fully saturated rings. The molecule has 2 unspecified atom stereocenters. The minimum atomic E-state index is 0.118. The number of fused-ring (bicyclic) bond motifs is 1. The summed E-state index contributed by atoms with van der Waals surface area (Å²) in [4.78, 5) is 6.87. The van der Waals surface area contributed by atoms with E-state index in [0.29, 0.717) is 6.54 Å². The van der Waals surface area contributed by atoms with Gasteiger partial charge in [-0.2, -0.15) is 0 Å². The zero-order chi connectivity index (χ0) is 21.5. The summed E-state index contributed by atoms with van der Waals surface area (Å²) in [6.45, 7) is 4.81. The fourth-order valence-electron chi connectivity index (χ4n) is 4.17. The van der Waals surface area contributed by atoms with Crippen LogP contribution < -0.4 is 20.1 Å². The molecular formula is C24H32N4O3. The Bertz CT molecular complexity index is 840. The van der Waals surface area contributed by atoms with Crippen LogP contribution in [-0.2, 0) is 11.2 Å². The summed E-state index contributed by atoms with van der Waals surface area (Å²) in [7, 11) is 3.49. The van der Waals surface area contributed by atoms with Crippen LogP contribution in [0.5, 0.6) is 11.5 Å². The molecule has 166 valence electrons. The standard InChI is InChI=1S/C24H32N4O3/c1-25-24(26-16-21-15-19-5-3-4-6-23(19)31-21)27-17-22(28-11-13-30-14-12-28)18-7-9-20(29-2)10-8-18/h3-10,21-22H,11-17H2,1-2H3,(H2,25,26,27). The number of rotatable bonds is 7. The Morgan fingerprint density at radius 1 is 1.13 bits per heavy atom. The summed E-state index contributed by atoms with van der Waals surface area (Å²) < 4.78 is 16.9. The Kier molecular flexibility index (Phi) is 7.27. The smallest absolute Gasteiger partial charge is 0.191 e. The second kappa shape index (κ2) is 10.5. The zero-order valence-corrected chi connectivity index (χ0v) is 18.3. The summed E-state index contributed by atoms with van der Waals surface area (Å²) in [6, 6.07) is 16.8. The first kappa shape index (κ1) is 21.5. The molecule has 2 aliphatic rings. The average molecular weight is 425 g/mol. The van der Waals surface area contributed by atoms with Crippen LogP contribution in [0.1, 0.15) is 17.2 Å². The molecule has 0 radical (unpaired) electrons. The molecular weight excluding hydrogens is 392 g/mol. The predicted molar refractivity (Wildman–Crippen MR) is 122 cm³/mol. The summed E-state index contributed by atoms with van der Waals surface area (Å²) in [5, 5.41) is 6.93. The second-order valence-electron chi connectivity index (χ2n) is 7.82. The molecule has 2 aromatic rings. The minimum absolute atomic E-state index is 0.118. The SMILES string of the molecule is CN=C(NCC1Cc2ccccc2O1)NCC(c1ccc(OC)cc1)N1CCOCC1. The van der Waals surface area contributed by atoms with Gasteiger partial charge in [-0.25, -0.2) is 0 Å². The topological polar surface area (TPSA) is 67.4 Å². The van der Waals surface area contributed by atoms with Gasteiger partial charge in [0.2, 0.25) is 0 Å². The Morgan fingerprint density at radius 2 is 1.90 bits per heavy atom. The molecule has 0 saturated carbocycles. The normalized spacial score (nSPS) is 19.9. The van der Waals surface area contributed by atoms with Gasteiger partial charge in [0.25, 0.3) is 0 Å². The minimum Gasteiger partial charge on any atom is -0.497 e. The van der Waals surface area contributed by atoms with E-state index in [1.165, 1.54) is 11.1 Å². The highest BCUT2D eigenvalue weighted by atomic mass is 16.5. The molecule has 0 amide bonds. The second-order valence-corrected chi connectivity index (χ2v) is 7.82. The van der Waals surface area contributed by atoms with Gasteiger partial charge in [0.05, 0.1) is 32.9 Å². The molecule has 0 aromatic heterocycles. The maximum atomic E-state index is 6.03. The van der Waals surface area contributed by atoms with Crippen LogP contribution in [0, 0.1) is 0 Å². The van der Waals surface area contributed by atoms with E-state index in [1.54, 1.807) is 14.2 Å². The van der Waals surface area contributed by atoms with Crippen LogP contribution in [-0.4, -0.2) is 70.5 Å². The van der Waals surface area contributed by atoms with E-state index in [1.807, 2.05) is 24.3 Å². The van der Waals surface area contributed by atoms with Gasteiger partial charge < -0.3 is 24.8 Å². The quantitative estimate of drug-likeness (QED) is 0.525. The van der Waals surface area contributed by atoms with Crippen molar-refractivity contribution < 1.29 is 14.2 Å². The first-order chi connectivity index (χ1) is 15.3. The number of nitrogens with zero attached hydrogens (tertiary/aromatic N) is 2. The molecule has 2 N–H and O–H groups in total. The van der Waals surface area contributed by atoms with Gasteiger partial charge in [-0.3, -0.25) is 9.89 Å². The lowest BCUT2D eigenvalue weighted by Crippen LogP contribution is -2.47. The summed E-state index contributed by atoms with van der Waals surface area (Å²) in [5.74, 6) is 2.64. The van der Waals surface area contributed by atoms with E-state index < -0.39 is 0 Å². The number of nitrogens with one attached hydrogen (secondary N) is 2. The number of ether oxygens (including phenoxy) is 3. The van der Waals surface area contributed by atoms with E-state index in [9.17, 15) is 0 Å². The van der Waals surface area contributed by atoms with Crippen LogP contribution in [0.3, 0.4) is 0 Å². The monoisotopic (exact) mass is 424 g/mol. The Morgan fingerprint density at radius 3 is 2.61 bits per heavy atom. The number of benzene rings is 2. The van der Waals surface area contributed by atoms with Crippen molar-refractivity contribution in [3.63, 3.8) is 0 Å². The Hall–Kier alpha value is -2.77. The van der Waals surface area contributed by atoms with Crippen molar-refractivity contribution >= 4 is 5.96 Å². The van der Waals surface area contributed by atoms with Gasteiger partial charge in [0.1, 0.15) is 17.6 Å². The molecule has 2 aliphatic heterocycles. The van der Waals surface area contributed by atoms with Crippen LogP contribution in [0.25, 0.3) is 0 Å². The molecule has 2 atom stereocenters. The summed E-state index contributed by atoms with van der Waals surface area (Å²) >= 11 is 0. The van der Waals surface area contributed by atoms with Crippen molar-refractivity contribution in [3.05, 3.63) is 59.7 Å². The fraction of sp³-hybridized carbons (Fsp3) is 0.458. The Labute approximate surface area is 184 Å². The highest BCUT2D eigenvalue weighted by Crippen LogP contribution is 2.28. The third-order valence-corrected chi connectivity index (χ3v) is 5.88. The lowest BCUT2D eigenvalue weighted by atomic mass is 10.0. The largest absolute Gasteiger partial charge is 0.497 e. The fourth-order valence-corrected chi connectivity index (χ4v) is 4.17. The van der Waals surface area contributed by atoms with Crippen LogP contribution in [0.15, 0.2) is 53.5 Å². The summed E-state index contributed by atoms with van der Waals surface area (Å²) in [5.41, 5.74) is 2.52. The lowest BCUT2D eigenvalue weighted by molar-refractivity contribution is 0.0170. The third kappa shape index (κ3) is 5.48. The van der Waals surface area contributed by atoms with Crippen LogP contribution in [0.2, 0.25) is 0 Å². The van der Waals surface area contributed by atoms with E-state index in [0.717, 1.165) is 56.7 Å². The van der Waals surface area contributed by atoms with E-state index in [2.05, 4.69) is 44.8 Å². The van der Waals surface area contributed by atoms with Crippen LogP contribution >= 0.6 is 0 Å². The zero-order valence-electron chi connectivity index (χ0n) is 18.3. The summed E-state index contributed by atoms with van der Waals surface area (Å²) in [6.07, 6.45) is 1.04. The molecule has 0 spiro atoms. The molecule has 7 nitrogen and oxygen atoms in total. The highest BCUT2D eigenvalue weighted by molar-refractivity contribution is 5.79. The van der Waals surface area contributed by atoms with E-state index in [4.69, 9.17) is 14.2 Å². The van der Waals surface area contributed by atoms with Gasteiger partial charge in [0.15, 0.2) is 5.96 Å². The van der Waals surface area contributed by atoms with Gasteiger partial charge in [0, 0.05) is 33.1 Å². The van der Waals surface area contributed by atoms with E-state index in [-0.39, 0.29) is 12.1 Å². The van der Waals surface area contributed by atoms with Gasteiger partial charge in [-0.05, 0) is 29.3 Å². The molecule has 2 aromatic carbocycles. The molecule has 2 heterocycles. The van der Waals surface area contributed by atoms with Gasteiger partial charge in [-0.15, -0.1) is 0 Å². The number of morpholine rings is 1. The van der Waals surface area contributed by atoms with Gasteiger partial charge in [-0.1, -0.05) is 30.3 Å².